The van der Waals surface area contributed by atoms with E-state index in [0.717, 1.165) is 17.3 Å². The van der Waals surface area contributed by atoms with Crippen molar-refractivity contribution < 1.29 is 9.59 Å². The van der Waals surface area contributed by atoms with Crippen LogP contribution in [0.2, 0.25) is 0 Å². The molecule has 5 nitrogen and oxygen atoms in total. The van der Waals surface area contributed by atoms with Crippen LogP contribution in [-0.4, -0.2) is 53.8 Å². The van der Waals surface area contributed by atoms with Crippen molar-refractivity contribution in [3.05, 3.63) is 22.4 Å². The molecule has 0 aromatic carbocycles. The molecule has 2 heterocycles. The van der Waals surface area contributed by atoms with Gasteiger partial charge in [-0.2, -0.15) is 0 Å². The van der Waals surface area contributed by atoms with Crippen LogP contribution in [0.5, 0.6) is 0 Å². The van der Waals surface area contributed by atoms with Gasteiger partial charge in [0, 0.05) is 43.8 Å². The molecule has 0 spiro atoms. The summed E-state index contributed by atoms with van der Waals surface area (Å²) in [6, 6.07) is 1.78. The third-order valence-corrected chi connectivity index (χ3v) is 3.91. The molecule has 1 aliphatic heterocycles. The lowest BCUT2D eigenvalue weighted by Gasteiger charge is -2.32. The van der Waals surface area contributed by atoms with E-state index in [2.05, 4.69) is 20.9 Å². The standard InChI is InChI=1S/C13H18BrN3O2/c1-16(2)12(18)9-3-5-17(6-4-9)13(19)11-7-10(14)8-15-11/h7-9,15H,3-6H2,1-2H3. The molecule has 1 saturated heterocycles. The molecular formula is C13H18BrN3O2. The molecule has 0 unspecified atom stereocenters. The van der Waals surface area contributed by atoms with E-state index < -0.39 is 0 Å². The summed E-state index contributed by atoms with van der Waals surface area (Å²) in [5.74, 6) is 0.214. The van der Waals surface area contributed by atoms with E-state index in [0.29, 0.717) is 18.8 Å². The predicted molar refractivity (Wildman–Crippen MR) is 75.8 cm³/mol. The number of aromatic nitrogens is 1. The highest BCUT2D eigenvalue weighted by molar-refractivity contribution is 9.10. The quantitative estimate of drug-likeness (QED) is 0.899. The van der Waals surface area contributed by atoms with Gasteiger partial charge in [-0.3, -0.25) is 9.59 Å². The van der Waals surface area contributed by atoms with Gasteiger partial charge in [0.1, 0.15) is 5.69 Å². The molecular weight excluding hydrogens is 310 g/mol. The molecule has 2 amide bonds. The van der Waals surface area contributed by atoms with Gasteiger partial charge in [0.05, 0.1) is 0 Å². The van der Waals surface area contributed by atoms with Crippen LogP contribution in [-0.2, 0) is 4.79 Å². The lowest BCUT2D eigenvalue weighted by Crippen LogP contribution is -2.42. The van der Waals surface area contributed by atoms with E-state index in [9.17, 15) is 9.59 Å². The number of piperidine rings is 1. The summed E-state index contributed by atoms with van der Waals surface area (Å²) < 4.78 is 0.869. The van der Waals surface area contributed by atoms with Crippen molar-refractivity contribution >= 4 is 27.7 Å². The minimum atomic E-state index is 0.00134. The van der Waals surface area contributed by atoms with Gasteiger partial charge < -0.3 is 14.8 Å². The van der Waals surface area contributed by atoms with Gasteiger partial charge in [0.2, 0.25) is 5.91 Å². The van der Waals surface area contributed by atoms with Crippen LogP contribution in [0, 0.1) is 5.92 Å². The fourth-order valence-electron chi connectivity index (χ4n) is 2.36. The van der Waals surface area contributed by atoms with Gasteiger partial charge in [0.15, 0.2) is 0 Å². The number of hydrogen-bond donors (Lipinski definition) is 1. The first-order chi connectivity index (χ1) is 8.99. The summed E-state index contributed by atoms with van der Waals surface area (Å²) in [6.45, 7) is 1.28. The van der Waals surface area contributed by atoms with Crippen molar-refractivity contribution in [2.75, 3.05) is 27.2 Å². The molecule has 0 atom stereocenters. The number of nitrogens with zero attached hydrogens (tertiary/aromatic N) is 2. The highest BCUT2D eigenvalue weighted by atomic mass is 79.9. The molecule has 1 aromatic heterocycles. The zero-order chi connectivity index (χ0) is 14.0. The van der Waals surface area contributed by atoms with Crippen LogP contribution >= 0.6 is 15.9 Å². The topological polar surface area (TPSA) is 56.4 Å². The summed E-state index contributed by atoms with van der Waals surface area (Å²) in [5, 5.41) is 0. The fourth-order valence-corrected chi connectivity index (χ4v) is 2.70. The first-order valence-electron chi connectivity index (χ1n) is 6.33. The number of amides is 2. The average molecular weight is 328 g/mol. The van der Waals surface area contributed by atoms with Crippen LogP contribution in [0.3, 0.4) is 0 Å². The molecule has 1 N–H and O–H groups in total. The number of carbonyl (C=O) groups excluding carboxylic acids is 2. The Morgan fingerprint density at radius 2 is 2.00 bits per heavy atom. The number of nitrogens with one attached hydrogen (secondary N) is 1. The van der Waals surface area contributed by atoms with Crippen molar-refractivity contribution in [2.45, 2.75) is 12.8 Å². The summed E-state index contributed by atoms with van der Waals surface area (Å²) in [4.78, 5) is 30.4. The number of rotatable bonds is 2. The minimum Gasteiger partial charge on any atom is -0.356 e. The highest BCUT2D eigenvalue weighted by Crippen LogP contribution is 2.21. The Morgan fingerprint density at radius 3 is 2.47 bits per heavy atom. The van der Waals surface area contributed by atoms with E-state index >= 15 is 0 Å². The molecule has 1 aliphatic rings. The number of hydrogen-bond acceptors (Lipinski definition) is 2. The first kappa shape index (κ1) is 14.1. The van der Waals surface area contributed by atoms with Crippen LogP contribution < -0.4 is 0 Å². The van der Waals surface area contributed by atoms with E-state index in [4.69, 9.17) is 0 Å². The number of H-pyrrole nitrogens is 1. The molecule has 19 heavy (non-hydrogen) atoms. The van der Waals surface area contributed by atoms with Gasteiger partial charge in [-0.1, -0.05) is 0 Å². The third-order valence-electron chi connectivity index (χ3n) is 3.45. The van der Waals surface area contributed by atoms with Crippen molar-refractivity contribution in [3.8, 4) is 0 Å². The van der Waals surface area contributed by atoms with Crippen LogP contribution in [0.1, 0.15) is 23.3 Å². The van der Waals surface area contributed by atoms with Crippen molar-refractivity contribution in [3.63, 3.8) is 0 Å². The van der Waals surface area contributed by atoms with Crippen molar-refractivity contribution in [1.82, 2.24) is 14.8 Å². The van der Waals surface area contributed by atoms with E-state index in [1.807, 2.05) is 0 Å². The molecule has 104 valence electrons. The van der Waals surface area contributed by atoms with E-state index in [1.54, 1.807) is 36.2 Å². The van der Waals surface area contributed by atoms with Gasteiger partial charge in [-0.15, -0.1) is 0 Å². The molecule has 0 saturated carbocycles. The van der Waals surface area contributed by atoms with Gasteiger partial charge in [-0.05, 0) is 34.8 Å². The maximum absolute atomic E-state index is 12.2. The summed E-state index contributed by atoms with van der Waals surface area (Å²) in [7, 11) is 3.55. The smallest absolute Gasteiger partial charge is 0.270 e. The lowest BCUT2D eigenvalue weighted by atomic mass is 9.95. The Labute approximate surface area is 121 Å². The van der Waals surface area contributed by atoms with Crippen molar-refractivity contribution in [1.29, 1.82) is 0 Å². The highest BCUT2D eigenvalue weighted by Gasteiger charge is 2.28. The number of likely N-dealkylation sites (tertiary alicyclic amines) is 1. The van der Waals surface area contributed by atoms with E-state index in [-0.39, 0.29) is 17.7 Å². The summed E-state index contributed by atoms with van der Waals surface area (Å²) in [6.07, 6.45) is 3.23. The fraction of sp³-hybridized carbons (Fsp3) is 0.538. The Kier molecular flexibility index (Phi) is 4.29. The first-order valence-corrected chi connectivity index (χ1v) is 7.12. The second-order valence-corrected chi connectivity index (χ2v) is 5.95. The zero-order valence-electron chi connectivity index (χ0n) is 11.1. The third kappa shape index (κ3) is 3.18. The summed E-state index contributed by atoms with van der Waals surface area (Å²) >= 11 is 3.32. The largest absolute Gasteiger partial charge is 0.356 e. The maximum Gasteiger partial charge on any atom is 0.270 e. The molecule has 0 radical (unpaired) electrons. The molecule has 6 heteroatoms. The van der Waals surface area contributed by atoms with Crippen LogP contribution in [0.4, 0.5) is 0 Å². The predicted octanol–water partition coefficient (Wildman–Crippen LogP) is 1.72. The average Bonchev–Trinajstić information content (AvgIpc) is 2.84. The van der Waals surface area contributed by atoms with Crippen molar-refractivity contribution in [2.24, 2.45) is 5.92 Å². The van der Waals surface area contributed by atoms with Gasteiger partial charge in [-0.25, -0.2) is 0 Å². The SMILES string of the molecule is CN(C)C(=O)C1CCN(C(=O)c2cc(Br)c[nH]2)CC1. The van der Waals surface area contributed by atoms with Gasteiger partial charge >= 0.3 is 0 Å². The van der Waals surface area contributed by atoms with Gasteiger partial charge in [0.25, 0.3) is 5.91 Å². The van der Waals surface area contributed by atoms with Crippen LogP contribution in [0.25, 0.3) is 0 Å². The zero-order valence-corrected chi connectivity index (χ0v) is 12.7. The van der Waals surface area contributed by atoms with Crippen LogP contribution in [0.15, 0.2) is 16.7 Å². The monoisotopic (exact) mass is 327 g/mol. The Morgan fingerprint density at radius 1 is 1.37 bits per heavy atom. The number of carbonyl (C=O) groups is 2. The minimum absolute atomic E-state index is 0.00134. The lowest BCUT2D eigenvalue weighted by molar-refractivity contribution is -0.134. The van der Waals surface area contributed by atoms with E-state index in [1.165, 1.54) is 0 Å². The second kappa shape index (κ2) is 5.77. The second-order valence-electron chi connectivity index (χ2n) is 5.03. The Bertz CT molecular complexity index is 476. The maximum atomic E-state index is 12.2. The summed E-state index contributed by atoms with van der Waals surface area (Å²) in [5.41, 5.74) is 0.587. The molecule has 0 aliphatic carbocycles. The Hall–Kier alpha value is -1.30. The normalized spacial score (nSPS) is 16.5. The molecule has 1 fully saturated rings. The number of halogens is 1. The number of aromatic amines is 1. The molecule has 2 rings (SSSR count). The molecule has 0 bridgehead atoms. The Balaban J connectivity index is 1.93. The molecule has 1 aromatic rings.